The predicted octanol–water partition coefficient (Wildman–Crippen LogP) is 3.91. The second-order valence-corrected chi connectivity index (χ2v) is 4.54. The van der Waals surface area contributed by atoms with Crippen molar-refractivity contribution in [3.63, 3.8) is 0 Å². The van der Waals surface area contributed by atoms with E-state index in [1.165, 1.54) is 43.2 Å². The van der Waals surface area contributed by atoms with Gasteiger partial charge in [-0.1, -0.05) is 37.0 Å². The Kier molecular flexibility index (Phi) is 3.06. The predicted molar refractivity (Wildman–Crippen MR) is 61.7 cm³/mol. The van der Waals surface area contributed by atoms with Crippen LogP contribution in [0.5, 0.6) is 0 Å². The molecule has 0 aromatic heterocycles. The van der Waals surface area contributed by atoms with Crippen LogP contribution in [0.4, 0.5) is 0 Å². The van der Waals surface area contributed by atoms with Crippen LogP contribution in [0.2, 0.25) is 0 Å². The molecule has 1 heteroatoms. The van der Waals surface area contributed by atoms with Gasteiger partial charge in [-0.25, -0.2) is 0 Å². The Morgan fingerprint density at radius 3 is 2.60 bits per heavy atom. The summed E-state index contributed by atoms with van der Waals surface area (Å²) in [6, 6.07) is 8.53. The molecule has 1 aromatic rings. The van der Waals surface area contributed by atoms with Crippen LogP contribution < -0.4 is 0 Å². The molecule has 0 radical (unpaired) electrons. The summed E-state index contributed by atoms with van der Waals surface area (Å²) in [5, 5.41) is 9.09. The van der Waals surface area contributed by atoms with E-state index in [0.717, 1.165) is 5.56 Å². The van der Waals surface area contributed by atoms with Crippen molar-refractivity contribution in [1.82, 2.24) is 0 Å². The van der Waals surface area contributed by atoms with Gasteiger partial charge in [-0.15, -0.1) is 0 Å². The molecule has 0 saturated heterocycles. The Balaban J connectivity index is 2.32. The van der Waals surface area contributed by atoms with Gasteiger partial charge >= 0.3 is 0 Å². The minimum absolute atomic E-state index is 0.633. The topological polar surface area (TPSA) is 23.8 Å². The lowest BCUT2D eigenvalue weighted by atomic mass is 9.82. The van der Waals surface area contributed by atoms with Crippen LogP contribution in [0.25, 0.3) is 0 Å². The van der Waals surface area contributed by atoms with Gasteiger partial charge in [-0.05, 0) is 37.3 Å². The molecule has 1 aliphatic carbocycles. The molecular weight excluding hydrogens is 182 g/mol. The zero-order chi connectivity index (χ0) is 10.7. The summed E-state index contributed by atoms with van der Waals surface area (Å²) in [6.45, 7) is 2.10. The molecule has 0 unspecified atom stereocenters. The Labute approximate surface area is 91.7 Å². The van der Waals surface area contributed by atoms with Crippen molar-refractivity contribution in [2.75, 3.05) is 0 Å². The number of hydrogen-bond donors (Lipinski definition) is 0. The molecule has 78 valence electrons. The quantitative estimate of drug-likeness (QED) is 0.672. The maximum absolute atomic E-state index is 9.09. The monoisotopic (exact) mass is 199 g/mol. The molecule has 1 nitrogen and oxygen atoms in total. The lowest BCUT2D eigenvalue weighted by Gasteiger charge is -2.23. The second kappa shape index (κ2) is 4.49. The molecule has 0 atom stereocenters. The van der Waals surface area contributed by atoms with E-state index in [4.69, 9.17) is 5.26 Å². The van der Waals surface area contributed by atoms with Crippen molar-refractivity contribution in [3.05, 3.63) is 34.9 Å². The van der Waals surface area contributed by atoms with Crippen molar-refractivity contribution in [3.8, 4) is 6.07 Å². The molecule has 0 N–H and O–H groups in total. The average Bonchev–Trinajstić information content (AvgIpc) is 2.30. The summed E-state index contributed by atoms with van der Waals surface area (Å²) in [7, 11) is 0. The fourth-order valence-electron chi connectivity index (χ4n) is 2.54. The molecular formula is C14H17N. The summed E-state index contributed by atoms with van der Waals surface area (Å²) in [5.41, 5.74) is 3.44. The molecule has 1 saturated carbocycles. The number of hydrogen-bond acceptors (Lipinski definition) is 1. The molecule has 1 fully saturated rings. The normalized spacial score (nSPS) is 17.3. The van der Waals surface area contributed by atoms with Gasteiger partial charge in [0.05, 0.1) is 11.6 Å². The second-order valence-electron chi connectivity index (χ2n) is 4.54. The number of rotatable bonds is 1. The van der Waals surface area contributed by atoms with E-state index in [0.29, 0.717) is 5.92 Å². The lowest BCUT2D eigenvalue weighted by Crippen LogP contribution is -2.06. The highest BCUT2D eigenvalue weighted by atomic mass is 14.3. The first-order valence-corrected chi connectivity index (χ1v) is 5.82. The zero-order valence-corrected chi connectivity index (χ0v) is 9.29. The van der Waals surface area contributed by atoms with E-state index in [9.17, 15) is 0 Å². The fraction of sp³-hybridized carbons (Fsp3) is 0.500. The van der Waals surface area contributed by atoms with Gasteiger partial charge in [0.25, 0.3) is 0 Å². The van der Waals surface area contributed by atoms with Crippen LogP contribution >= 0.6 is 0 Å². The van der Waals surface area contributed by atoms with E-state index >= 15 is 0 Å². The van der Waals surface area contributed by atoms with Crippen LogP contribution in [-0.4, -0.2) is 0 Å². The van der Waals surface area contributed by atoms with Crippen molar-refractivity contribution >= 4 is 0 Å². The highest BCUT2D eigenvalue weighted by Gasteiger charge is 2.18. The van der Waals surface area contributed by atoms with E-state index in [-0.39, 0.29) is 0 Å². The third-order valence-corrected chi connectivity index (χ3v) is 3.37. The Morgan fingerprint density at radius 1 is 1.20 bits per heavy atom. The smallest absolute Gasteiger partial charge is 0.0994 e. The van der Waals surface area contributed by atoms with Gasteiger partial charge in [0, 0.05) is 0 Å². The van der Waals surface area contributed by atoms with E-state index in [2.05, 4.69) is 19.1 Å². The van der Waals surface area contributed by atoms with Crippen molar-refractivity contribution in [1.29, 1.82) is 5.26 Å². The van der Waals surface area contributed by atoms with Crippen LogP contribution in [0.1, 0.15) is 54.7 Å². The van der Waals surface area contributed by atoms with E-state index in [1.807, 2.05) is 12.1 Å². The minimum Gasteiger partial charge on any atom is -0.192 e. The van der Waals surface area contributed by atoms with Crippen molar-refractivity contribution < 1.29 is 0 Å². The van der Waals surface area contributed by atoms with Gasteiger partial charge < -0.3 is 0 Å². The minimum atomic E-state index is 0.633. The highest BCUT2D eigenvalue weighted by molar-refractivity contribution is 5.42. The molecule has 1 aliphatic rings. The van der Waals surface area contributed by atoms with Gasteiger partial charge in [0.15, 0.2) is 0 Å². The third kappa shape index (κ3) is 2.21. The largest absolute Gasteiger partial charge is 0.192 e. The van der Waals surface area contributed by atoms with Gasteiger partial charge in [-0.3, -0.25) is 0 Å². The molecule has 1 aromatic carbocycles. The third-order valence-electron chi connectivity index (χ3n) is 3.37. The van der Waals surface area contributed by atoms with Crippen LogP contribution in [-0.2, 0) is 0 Å². The zero-order valence-electron chi connectivity index (χ0n) is 9.29. The summed E-state index contributed by atoms with van der Waals surface area (Å²) in [6.07, 6.45) is 6.54. The molecule has 0 aliphatic heterocycles. The number of nitriles is 1. The first-order chi connectivity index (χ1) is 7.31. The molecule has 15 heavy (non-hydrogen) atoms. The van der Waals surface area contributed by atoms with Crippen molar-refractivity contribution in [2.24, 2.45) is 0 Å². The Bertz CT molecular complexity index is 381. The lowest BCUT2D eigenvalue weighted by molar-refractivity contribution is 0.443. The molecule has 0 bridgehead atoms. The molecule has 0 amide bonds. The van der Waals surface area contributed by atoms with Crippen LogP contribution in [0.15, 0.2) is 18.2 Å². The number of benzene rings is 1. The van der Waals surface area contributed by atoms with Crippen molar-refractivity contribution in [2.45, 2.75) is 44.9 Å². The van der Waals surface area contributed by atoms with Gasteiger partial charge in [0.1, 0.15) is 0 Å². The van der Waals surface area contributed by atoms with E-state index in [1.54, 1.807) is 0 Å². The molecule has 0 spiro atoms. The standard InChI is InChI=1S/C14H17N/c1-11-7-8-13(10-15)14(9-11)12-5-3-2-4-6-12/h7-9,12H,2-6H2,1H3. The first kappa shape index (κ1) is 10.2. The average molecular weight is 199 g/mol. The number of nitrogens with zero attached hydrogens (tertiary/aromatic N) is 1. The SMILES string of the molecule is Cc1ccc(C#N)c(C2CCCCC2)c1. The molecule has 2 rings (SSSR count). The Morgan fingerprint density at radius 2 is 1.93 bits per heavy atom. The highest BCUT2D eigenvalue weighted by Crippen LogP contribution is 2.34. The maximum Gasteiger partial charge on any atom is 0.0994 e. The van der Waals surface area contributed by atoms with Gasteiger partial charge in [-0.2, -0.15) is 5.26 Å². The summed E-state index contributed by atoms with van der Waals surface area (Å²) < 4.78 is 0. The fourth-order valence-corrected chi connectivity index (χ4v) is 2.54. The summed E-state index contributed by atoms with van der Waals surface area (Å²) in [4.78, 5) is 0. The van der Waals surface area contributed by atoms with Crippen LogP contribution in [0.3, 0.4) is 0 Å². The van der Waals surface area contributed by atoms with Crippen LogP contribution in [0, 0.1) is 18.3 Å². The summed E-state index contributed by atoms with van der Waals surface area (Å²) in [5.74, 6) is 0.633. The maximum atomic E-state index is 9.09. The number of aryl methyl sites for hydroxylation is 1. The summed E-state index contributed by atoms with van der Waals surface area (Å²) >= 11 is 0. The Hall–Kier alpha value is -1.29. The molecule has 0 heterocycles. The first-order valence-electron chi connectivity index (χ1n) is 5.82. The van der Waals surface area contributed by atoms with Gasteiger partial charge in [0.2, 0.25) is 0 Å². The van der Waals surface area contributed by atoms with E-state index < -0.39 is 0 Å².